The largest absolute Gasteiger partial charge is 0.352 e. The number of aromatic nitrogens is 1. The van der Waals surface area contributed by atoms with Crippen LogP contribution in [0.2, 0.25) is 0 Å². The van der Waals surface area contributed by atoms with Crippen LogP contribution in [0.25, 0.3) is 0 Å². The van der Waals surface area contributed by atoms with Gasteiger partial charge >= 0.3 is 0 Å². The fourth-order valence-electron chi connectivity index (χ4n) is 2.37. The third-order valence-corrected chi connectivity index (χ3v) is 5.54. The van der Waals surface area contributed by atoms with Crippen molar-refractivity contribution in [1.29, 1.82) is 0 Å². The number of nitrogens with zero attached hydrogens (tertiary/aromatic N) is 2. The highest BCUT2D eigenvalue weighted by Crippen LogP contribution is 2.32. The van der Waals surface area contributed by atoms with Crippen LogP contribution in [-0.2, 0) is 23.6 Å². The summed E-state index contributed by atoms with van der Waals surface area (Å²) in [5.74, 6) is 0.566. The molecule has 0 bridgehead atoms. The molecule has 1 N–H and O–H groups in total. The summed E-state index contributed by atoms with van der Waals surface area (Å²) in [7, 11) is 0.391. The van der Waals surface area contributed by atoms with Crippen molar-refractivity contribution < 1.29 is 8.42 Å². The Balaban J connectivity index is 2.23. The number of sulfonamides is 1. The second-order valence-corrected chi connectivity index (χ2v) is 7.55. The lowest BCUT2D eigenvalue weighted by Gasteiger charge is -2.20. The summed E-state index contributed by atoms with van der Waals surface area (Å²) in [4.78, 5) is 0.416. The highest BCUT2D eigenvalue weighted by Gasteiger charge is 2.31. The first kappa shape index (κ1) is 15.5. The summed E-state index contributed by atoms with van der Waals surface area (Å²) in [6.07, 6.45) is 4.89. The van der Waals surface area contributed by atoms with Crippen LogP contribution >= 0.6 is 0 Å². The SMILES string of the molecule is CCCN(CC1CC1)S(=O)(=O)c1cc(CNC)n(C)c1. The van der Waals surface area contributed by atoms with E-state index in [9.17, 15) is 8.42 Å². The zero-order chi connectivity index (χ0) is 14.8. The van der Waals surface area contributed by atoms with E-state index < -0.39 is 10.0 Å². The molecule has 0 aromatic carbocycles. The molecule has 0 saturated heterocycles. The van der Waals surface area contributed by atoms with Crippen molar-refractivity contribution in [2.45, 2.75) is 37.6 Å². The Kier molecular flexibility index (Phi) is 4.88. The normalized spacial score (nSPS) is 16.0. The molecule has 5 nitrogen and oxygen atoms in total. The van der Waals surface area contributed by atoms with Gasteiger partial charge in [0, 0.05) is 38.6 Å². The van der Waals surface area contributed by atoms with Gasteiger partial charge in [0.05, 0.1) is 0 Å². The van der Waals surface area contributed by atoms with E-state index in [1.54, 1.807) is 16.6 Å². The standard InChI is InChI=1S/C14H25N3O2S/c1-4-7-17(10-12-5-6-12)20(18,19)14-8-13(9-15-2)16(3)11-14/h8,11-12,15H,4-7,9-10H2,1-3H3. The maximum absolute atomic E-state index is 12.7. The topological polar surface area (TPSA) is 54.3 Å². The maximum atomic E-state index is 12.7. The predicted octanol–water partition coefficient (Wildman–Crippen LogP) is 1.56. The Bertz CT molecular complexity index is 547. The molecule has 6 heteroatoms. The molecule has 0 amide bonds. The average Bonchev–Trinajstić information content (AvgIpc) is 3.13. The molecule has 1 heterocycles. The van der Waals surface area contributed by atoms with Gasteiger partial charge in [0.2, 0.25) is 10.0 Å². The van der Waals surface area contributed by atoms with Crippen LogP contribution in [0.5, 0.6) is 0 Å². The van der Waals surface area contributed by atoms with Gasteiger partial charge in [-0.25, -0.2) is 8.42 Å². The van der Waals surface area contributed by atoms with E-state index in [4.69, 9.17) is 0 Å². The summed E-state index contributed by atoms with van der Waals surface area (Å²) in [5, 5.41) is 3.06. The molecule has 1 aliphatic carbocycles. The lowest BCUT2D eigenvalue weighted by Crippen LogP contribution is -2.33. The zero-order valence-electron chi connectivity index (χ0n) is 12.6. The third-order valence-electron chi connectivity index (χ3n) is 3.71. The third kappa shape index (κ3) is 3.42. The van der Waals surface area contributed by atoms with E-state index in [1.807, 2.05) is 25.6 Å². The molecule has 0 spiro atoms. The fourth-order valence-corrected chi connectivity index (χ4v) is 4.08. The number of hydrogen-bond donors (Lipinski definition) is 1. The smallest absolute Gasteiger partial charge is 0.244 e. The molecule has 1 fully saturated rings. The minimum Gasteiger partial charge on any atom is -0.352 e. The van der Waals surface area contributed by atoms with Gasteiger partial charge in [0.25, 0.3) is 0 Å². The molecule has 1 saturated carbocycles. The summed E-state index contributed by atoms with van der Waals surface area (Å²) in [6, 6.07) is 1.78. The highest BCUT2D eigenvalue weighted by atomic mass is 32.2. The van der Waals surface area contributed by atoms with Gasteiger partial charge in [-0.2, -0.15) is 4.31 Å². The Morgan fingerprint density at radius 2 is 2.15 bits per heavy atom. The van der Waals surface area contributed by atoms with Crippen LogP contribution < -0.4 is 5.32 Å². The quantitative estimate of drug-likeness (QED) is 0.792. The number of aryl methyl sites for hydroxylation is 1. The van der Waals surface area contributed by atoms with Crippen molar-refractivity contribution in [1.82, 2.24) is 14.2 Å². The summed E-state index contributed by atoms with van der Waals surface area (Å²) < 4.78 is 29.0. The van der Waals surface area contributed by atoms with E-state index in [1.165, 1.54) is 0 Å². The number of nitrogens with one attached hydrogen (secondary N) is 1. The van der Waals surface area contributed by atoms with E-state index in [2.05, 4.69) is 5.32 Å². The fraction of sp³-hybridized carbons (Fsp3) is 0.714. The first-order chi connectivity index (χ1) is 9.48. The van der Waals surface area contributed by atoms with Crippen molar-refractivity contribution in [3.63, 3.8) is 0 Å². The van der Waals surface area contributed by atoms with Gasteiger partial charge in [0.1, 0.15) is 4.90 Å². The van der Waals surface area contributed by atoms with Crippen LogP contribution in [0.3, 0.4) is 0 Å². The second kappa shape index (κ2) is 6.28. The van der Waals surface area contributed by atoms with Crippen molar-refractivity contribution in [3.05, 3.63) is 18.0 Å². The summed E-state index contributed by atoms with van der Waals surface area (Å²) in [5.41, 5.74) is 0.981. The molecular formula is C14H25N3O2S. The molecule has 1 aromatic rings. The molecule has 1 aromatic heterocycles. The minimum atomic E-state index is -3.35. The molecule has 20 heavy (non-hydrogen) atoms. The molecule has 0 unspecified atom stereocenters. The highest BCUT2D eigenvalue weighted by molar-refractivity contribution is 7.89. The van der Waals surface area contributed by atoms with E-state index >= 15 is 0 Å². The molecular weight excluding hydrogens is 274 g/mol. The van der Waals surface area contributed by atoms with Crippen LogP contribution in [0, 0.1) is 5.92 Å². The molecule has 114 valence electrons. The van der Waals surface area contributed by atoms with Crippen LogP contribution in [-0.4, -0.2) is 37.4 Å². The monoisotopic (exact) mass is 299 g/mol. The van der Waals surface area contributed by atoms with Gasteiger partial charge < -0.3 is 9.88 Å². The zero-order valence-corrected chi connectivity index (χ0v) is 13.4. The molecule has 0 atom stereocenters. The van der Waals surface area contributed by atoms with E-state index in [0.717, 1.165) is 25.0 Å². The van der Waals surface area contributed by atoms with Crippen LogP contribution in [0.15, 0.2) is 17.2 Å². The average molecular weight is 299 g/mol. The van der Waals surface area contributed by atoms with Gasteiger partial charge in [0.15, 0.2) is 0 Å². The van der Waals surface area contributed by atoms with Crippen LogP contribution in [0.1, 0.15) is 31.9 Å². The Morgan fingerprint density at radius 1 is 1.45 bits per heavy atom. The first-order valence-corrected chi connectivity index (χ1v) is 8.73. The predicted molar refractivity (Wildman–Crippen MR) is 80.0 cm³/mol. The van der Waals surface area contributed by atoms with Crippen molar-refractivity contribution in [2.24, 2.45) is 13.0 Å². The molecule has 0 radical (unpaired) electrons. The number of hydrogen-bond acceptors (Lipinski definition) is 3. The molecule has 0 aliphatic heterocycles. The maximum Gasteiger partial charge on any atom is 0.244 e. The van der Waals surface area contributed by atoms with Gasteiger partial charge in [-0.1, -0.05) is 6.92 Å². The molecule has 1 aliphatic rings. The van der Waals surface area contributed by atoms with Crippen molar-refractivity contribution >= 4 is 10.0 Å². The van der Waals surface area contributed by atoms with Crippen molar-refractivity contribution in [3.8, 4) is 0 Å². The van der Waals surface area contributed by atoms with Crippen molar-refractivity contribution in [2.75, 3.05) is 20.1 Å². The second-order valence-electron chi connectivity index (χ2n) is 5.61. The summed E-state index contributed by atoms with van der Waals surface area (Å²) >= 11 is 0. The van der Waals surface area contributed by atoms with E-state index in [0.29, 0.717) is 30.4 Å². The lowest BCUT2D eigenvalue weighted by molar-refractivity contribution is 0.395. The van der Waals surface area contributed by atoms with Gasteiger partial charge in [-0.05, 0) is 38.3 Å². The Hall–Kier alpha value is -0.850. The van der Waals surface area contributed by atoms with E-state index in [-0.39, 0.29) is 0 Å². The first-order valence-electron chi connectivity index (χ1n) is 7.29. The molecule has 2 rings (SSSR count). The Morgan fingerprint density at radius 3 is 2.70 bits per heavy atom. The Labute approximate surface area is 122 Å². The van der Waals surface area contributed by atoms with Gasteiger partial charge in [-0.3, -0.25) is 0 Å². The minimum absolute atomic E-state index is 0.416. The lowest BCUT2D eigenvalue weighted by atomic mass is 10.4. The van der Waals surface area contributed by atoms with Gasteiger partial charge in [-0.15, -0.1) is 0 Å². The summed E-state index contributed by atoms with van der Waals surface area (Å²) in [6.45, 7) is 3.97. The van der Waals surface area contributed by atoms with Crippen LogP contribution in [0.4, 0.5) is 0 Å². The number of rotatable bonds is 8.